The summed E-state index contributed by atoms with van der Waals surface area (Å²) in [4.78, 5) is 0.307. The fourth-order valence-corrected chi connectivity index (χ4v) is 2.82. The number of nitrogens with zero attached hydrogens (tertiary/aromatic N) is 2. The van der Waals surface area contributed by atoms with Gasteiger partial charge in [-0.25, -0.2) is 13.1 Å². The molecule has 106 valence electrons. The Bertz CT molecular complexity index is 696. The average molecular weight is 310 g/mol. The molecule has 1 aromatic heterocycles. The van der Waals surface area contributed by atoms with Gasteiger partial charge in [-0.3, -0.25) is 4.68 Å². The molecule has 2 aromatic rings. The van der Waals surface area contributed by atoms with Gasteiger partial charge in [-0.2, -0.15) is 5.10 Å². The first-order chi connectivity index (χ1) is 9.49. The number of thiocarbonyl (C=S) groups is 1. The Morgan fingerprint density at radius 2 is 2.20 bits per heavy atom. The van der Waals surface area contributed by atoms with Crippen LogP contribution in [0.25, 0.3) is 0 Å². The zero-order valence-electron chi connectivity index (χ0n) is 10.6. The SMILES string of the molecule is NC(=S)c1cccc(S(=O)(=O)NCCn2cccn2)c1. The van der Waals surface area contributed by atoms with E-state index in [9.17, 15) is 8.42 Å². The van der Waals surface area contributed by atoms with Gasteiger partial charge in [0.05, 0.1) is 11.4 Å². The standard InChI is InChI=1S/C12H14N4O2S2/c13-12(19)10-3-1-4-11(9-10)20(17,18)15-6-8-16-7-2-5-14-16/h1-5,7,9,15H,6,8H2,(H2,13,19). The second-order valence-corrected chi connectivity index (χ2v) is 6.27. The van der Waals surface area contributed by atoms with Crippen LogP contribution >= 0.6 is 12.2 Å². The molecular weight excluding hydrogens is 296 g/mol. The molecule has 8 heteroatoms. The van der Waals surface area contributed by atoms with Gasteiger partial charge in [0.15, 0.2) is 0 Å². The highest BCUT2D eigenvalue weighted by atomic mass is 32.2. The summed E-state index contributed by atoms with van der Waals surface area (Å²) in [5.41, 5.74) is 6.02. The lowest BCUT2D eigenvalue weighted by Gasteiger charge is -2.08. The van der Waals surface area contributed by atoms with E-state index in [-0.39, 0.29) is 16.4 Å². The Morgan fingerprint density at radius 3 is 2.85 bits per heavy atom. The number of nitrogens with two attached hydrogens (primary N) is 1. The van der Waals surface area contributed by atoms with Crippen LogP contribution in [0.15, 0.2) is 47.6 Å². The molecule has 20 heavy (non-hydrogen) atoms. The maximum absolute atomic E-state index is 12.1. The largest absolute Gasteiger partial charge is 0.389 e. The minimum absolute atomic E-state index is 0.142. The van der Waals surface area contributed by atoms with E-state index in [1.54, 1.807) is 35.3 Å². The van der Waals surface area contributed by atoms with Crippen LogP contribution in [0.1, 0.15) is 5.56 Å². The number of hydrogen-bond donors (Lipinski definition) is 2. The van der Waals surface area contributed by atoms with Gasteiger partial charge in [0.2, 0.25) is 10.0 Å². The summed E-state index contributed by atoms with van der Waals surface area (Å²) in [5.74, 6) is 0. The summed E-state index contributed by atoms with van der Waals surface area (Å²) < 4.78 is 28.4. The van der Waals surface area contributed by atoms with E-state index in [0.717, 1.165) is 0 Å². The quantitative estimate of drug-likeness (QED) is 0.758. The van der Waals surface area contributed by atoms with Gasteiger partial charge >= 0.3 is 0 Å². The molecule has 1 aromatic carbocycles. The van der Waals surface area contributed by atoms with E-state index >= 15 is 0 Å². The van der Waals surface area contributed by atoms with Crippen LogP contribution in [0.4, 0.5) is 0 Å². The maximum Gasteiger partial charge on any atom is 0.240 e. The lowest BCUT2D eigenvalue weighted by Crippen LogP contribution is -2.27. The minimum Gasteiger partial charge on any atom is -0.389 e. The average Bonchev–Trinajstić information content (AvgIpc) is 2.92. The summed E-state index contributed by atoms with van der Waals surface area (Å²) in [6, 6.07) is 8.01. The van der Waals surface area contributed by atoms with Crippen LogP contribution in [0, 0.1) is 0 Å². The molecule has 0 unspecified atom stereocenters. The third-order valence-electron chi connectivity index (χ3n) is 2.62. The predicted octanol–water partition coefficient (Wildman–Crippen LogP) is 0.496. The van der Waals surface area contributed by atoms with E-state index in [2.05, 4.69) is 9.82 Å². The number of sulfonamides is 1. The third kappa shape index (κ3) is 3.62. The highest BCUT2D eigenvalue weighted by Gasteiger charge is 2.14. The van der Waals surface area contributed by atoms with Crippen molar-refractivity contribution in [2.75, 3.05) is 6.54 Å². The number of benzene rings is 1. The van der Waals surface area contributed by atoms with Gasteiger partial charge in [0.1, 0.15) is 4.99 Å². The summed E-state index contributed by atoms with van der Waals surface area (Å²) in [5, 5.41) is 3.99. The number of hydrogen-bond acceptors (Lipinski definition) is 4. The lowest BCUT2D eigenvalue weighted by molar-refractivity contribution is 0.561. The van der Waals surface area contributed by atoms with Crippen molar-refractivity contribution in [3.05, 3.63) is 48.3 Å². The molecule has 1 heterocycles. The molecular formula is C12H14N4O2S2. The molecule has 0 aliphatic heterocycles. The van der Waals surface area contributed by atoms with Crippen LogP contribution in [-0.2, 0) is 16.6 Å². The Hall–Kier alpha value is -1.77. The van der Waals surface area contributed by atoms with Crippen molar-refractivity contribution >= 4 is 27.2 Å². The monoisotopic (exact) mass is 310 g/mol. The second kappa shape index (κ2) is 6.12. The van der Waals surface area contributed by atoms with Gasteiger partial charge in [-0.05, 0) is 18.2 Å². The highest BCUT2D eigenvalue weighted by Crippen LogP contribution is 2.11. The molecule has 0 aliphatic carbocycles. The topological polar surface area (TPSA) is 90.0 Å². The Balaban J connectivity index is 2.06. The van der Waals surface area contributed by atoms with Crippen LogP contribution < -0.4 is 10.5 Å². The van der Waals surface area contributed by atoms with E-state index < -0.39 is 10.0 Å². The molecule has 0 amide bonds. The van der Waals surface area contributed by atoms with Gasteiger partial charge < -0.3 is 5.73 Å². The van der Waals surface area contributed by atoms with Crippen molar-refractivity contribution in [3.63, 3.8) is 0 Å². The van der Waals surface area contributed by atoms with Crippen LogP contribution in [0.3, 0.4) is 0 Å². The molecule has 0 spiro atoms. The maximum atomic E-state index is 12.1. The second-order valence-electron chi connectivity index (χ2n) is 4.06. The Morgan fingerprint density at radius 1 is 1.40 bits per heavy atom. The van der Waals surface area contributed by atoms with Crippen molar-refractivity contribution in [3.8, 4) is 0 Å². The van der Waals surface area contributed by atoms with Crippen molar-refractivity contribution < 1.29 is 8.42 Å². The molecule has 3 N–H and O–H groups in total. The summed E-state index contributed by atoms with van der Waals surface area (Å²) in [6.45, 7) is 0.711. The first kappa shape index (κ1) is 14.6. The zero-order chi connectivity index (χ0) is 14.6. The van der Waals surface area contributed by atoms with E-state index in [4.69, 9.17) is 18.0 Å². The normalized spacial score (nSPS) is 11.4. The zero-order valence-corrected chi connectivity index (χ0v) is 12.2. The van der Waals surface area contributed by atoms with Gasteiger partial charge in [-0.1, -0.05) is 24.4 Å². The van der Waals surface area contributed by atoms with Gasteiger partial charge in [0, 0.05) is 24.5 Å². The van der Waals surface area contributed by atoms with E-state index in [1.807, 2.05) is 0 Å². The first-order valence-electron chi connectivity index (χ1n) is 5.86. The van der Waals surface area contributed by atoms with E-state index in [1.165, 1.54) is 12.1 Å². The van der Waals surface area contributed by atoms with Crippen molar-refractivity contribution in [1.29, 1.82) is 0 Å². The number of rotatable bonds is 6. The Kier molecular flexibility index (Phi) is 4.48. The number of aromatic nitrogens is 2. The molecule has 0 saturated carbocycles. The van der Waals surface area contributed by atoms with Crippen molar-refractivity contribution in [2.45, 2.75) is 11.4 Å². The van der Waals surface area contributed by atoms with Crippen molar-refractivity contribution in [2.24, 2.45) is 5.73 Å². The third-order valence-corrected chi connectivity index (χ3v) is 4.32. The van der Waals surface area contributed by atoms with Gasteiger partial charge in [0.25, 0.3) is 0 Å². The molecule has 2 rings (SSSR count). The van der Waals surface area contributed by atoms with Crippen LogP contribution in [-0.4, -0.2) is 29.7 Å². The smallest absolute Gasteiger partial charge is 0.240 e. The molecule has 0 bridgehead atoms. The minimum atomic E-state index is -3.58. The highest BCUT2D eigenvalue weighted by molar-refractivity contribution is 7.89. The molecule has 0 radical (unpaired) electrons. The molecule has 6 nitrogen and oxygen atoms in total. The van der Waals surface area contributed by atoms with E-state index in [0.29, 0.717) is 12.1 Å². The molecule has 0 atom stereocenters. The first-order valence-corrected chi connectivity index (χ1v) is 7.75. The fraction of sp³-hybridized carbons (Fsp3) is 0.167. The summed E-state index contributed by atoms with van der Waals surface area (Å²) in [6.07, 6.45) is 3.40. The van der Waals surface area contributed by atoms with Crippen molar-refractivity contribution in [1.82, 2.24) is 14.5 Å². The summed E-state index contributed by atoms with van der Waals surface area (Å²) >= 11 is 4.84. The van der Waals surface area contributed by atoms with Gasteiger partial charge in [-0.15, -0.1) is 0 Å². The van der Waals surface area contributed by atoms with Crippen LogP contribution in [0.5, 0.6) is 0 Å². The lowest BCUT2D eigenvalue weighted by atomic mass is 10.2. The molecule has 0 saturated heterocycles. The van der Waals surface area contributed by atoms with Crippen LogP contribution in [0.2, 0.25) is 0 Å². The summed E-state index contributed by atoms with van der Waals surface area (Å²) in [7, 11) is -3.58. The fourth-order valence-electron chi connectivity index (χ4n) is 1.63. The molecule has 0 fully saturated rings. The molecule has 0 aliphatic rings. The predicted molar refractivity (Wildman–Crippen MR) is 79.7 cm³/mol. The number of nitrogens with one attached hydrogen (secondary N) is 1. The Labute approximate surface area is 122 Å².